The Balaban J connectivity index is 2.64. The van der Waals surface area contributed by atoms with E-state index >= 15 is 0 Å². The number of hydrogen-bond donors (Lipinski definition) is 1. The summed E-state index contributed by atoms with van der Waals surface area (Å²) in [6.45, 7) is 6.17. The molecule has 0 aromatic rings. The highest BCUT2D eigenvalue weighted by molar-refractivity contribution is 5.75. The van der Waals surface area contributed by atoms with Crippen molar-refractivity contribution in [3.63, 3.8) is 0 Å². The Morgan fingerprint density at radius 3 is 2.75 bits per heavy atom. The molecule has 16 heavy (non-hydrogen) atoms. The summed E-state index contributed by atoms with van der Waals surface area (Å²) in [5.41, 5.74) is -0.491. The average molecular weight is 228 g/mol. The fraction of sp³-hybridized carbons (Fsp3) is 0.818. The third-order valence-electron chi connectivity index (χ3n) is 2.42. The predicted octanol–water partition coefficient (Wildman–Crippen LogP) is 2.24. The highest BCUT2D eigenvalue weighted by Gasteiger charge is 2.29. The van der Waals surface area contributed by atoms with Crippen LogP contribution in [0.3, 0.4) is 0 Å². The molecule has 0 aromatic carbocycles. The van der Waals surface area contributed by atoms with Crippen LogP contribution in [-0.2, 0) is 4.74 Å². The second-order valence-electron chi connectivity index (χ2n) is 5.00. The van der Waals surface area contributed by atoms with E-state index in [1.807, 2.05) is 20.8 Å². The predicted molar refractivity (Wildman–Crippen MR) is 60.9 cm³/mol. The highest BCUT2D eigenvalue weighted by Crippen LogP contribution is 2.19. The minimum Gasteiger partial charge on any atom is -0.444 e. The van der Waals surface area contributed by atoms with Crippen LogP contribution in [-0.4, -0.2) is 40.6 Å². The molecule has 5 heteroatoms. The van der Waals surface area contributed by atoms with Gasteiger partial charge in [0.05, 0.1) is 12.3 Å². The van der Waals surface area contributed by atoms with Crippen LogP contribution in [0.2, 0.25) is 0 Å². The molecule has 1 aliphatic rings. The van der Waals surface area contributed by atoms with Crippen molar-refractivity contribution in [3.05, 3.63) is 0 Å². The zero-order chi connectivity index (χ0) is 12.2. The lowest BCUT2D eigenvalue weighted by atomic mass is 10.0. The molecule has 92 valence electrons. The van der Waals surface area contributed by atoms with Crippen LogP contribution >= 0.6 is 0 Å². The molecule has 1 N–H and O–H groups in total. The first-order chi connectivity index (χ1) is 7.44. The van der Waals surface area contributed by atoms with Gasteiger partial charge in [0.1, 0.15) is 5.60 Å². The van der Waals surface area contributed by atoms with Crippen LogP contribution in [0.5, 0.6) is 0 Å². The molecular weight excluding hydrogens is 208 g/mol. The molecule has 0 radical (unpaired) electrons. The van der Waals surface area contributed by atoms with Crippen LogP contribution in [0.4, 0.5) is 4.79 Å². The van der Waals surface area contributed by atoms with Gasteiger partial charge in [0.15, 0.2) is 0 Å². The summed E-state index contributed by atoms with van der Waals surface area (Å²) < 4.78 is 5.30. The first-order valence-electron chi connectivity index (χ1n) is 5.61. The van der Waals surface area contributed by atoms with Crippen molar-refractivity contribution in [2.45, 2.75) is 51.7 Å². The molecule has 1 saturated heterocycles. The number of nitrogens with zero attached hydrogens (tertiary/aromatic N) is 2. The van der Waals surface area contributed by atoms with E-state index in [2.05, 4.69) is 5.16 Å². The Morgan fingerprint density at radius 1 is 1.50 bits per heavy atom. The zero-order valence-corrected chi connectivity index (χ0v) is 10.1. The summed E-state index contributed by atoms with van der Waals surface area (Å²) in [4.78, 5) is 13.5. The molecule has 0 aliphatic carbocycles. The van der Waals surface area contributed by atoms with Gasteiger partial charge in [0.2, 0.25) is 0 Å². The number of likely N-dealkylation sites (tertiary alicyclic amines) is 1. The maximum atomic E-state index is 11.9. The van der Waals surface area contributed by atoms with E-state index in [0.29, 0.717) is 6.54 Å². The number of piperidine rings is 1. The highest BCUT2D eigenvalue weighted by atomic mass is 16.6. The summed E-state index contributed by atoms with van der Waals surface area (Å²) in [5.74, 6) is 0. The standard InChI is InChI=1S/C11H20N2O3/c1-11(2,3)16-10(14)13-7-5-4-6-9(13)8-12-15/h8-9,15H,4-7H2,1-3H3/b12-8-/t9-/m1/s1. The summed E-state index contributed by atoms with van der Waals surface area (Å²) >= 11 is 0. The molecule has 1 rings (SSSR count). The molecule has 1 aliphatic heterocycles. The average Bonchev–Trinajstić information content (AvgIpc) is 2.16. The summed E-state index contributed by atoms with van der Waals surface area (Å²) in [6.07, 6.45) is 3.88. The third-order valence-corrected chi connectivity index (χ3v) is 2.42. The van der Waals surface area contributed by atoms with Gasteiger partial charge in [0, 0.05) is 6.54 Å². The summed E-state index contributed by atoms with van der Waals surface area (Å²) in [7, 11) is 0. The van der Waals surface area contributed by atoms with Gasteiger partial charge in [-0.25, -0.2) is 4.79 Å². The normalized spacial score (nSPS) is 22.4. The van der Waals surface area contributed by atoms with Gasteiger partial charge in [-0.05, 0) is 40.0 Å². The first kappa shape index (κ1) is 12.8. The van der Waals surface area contributed by atoms with Gasteiger partial charge >= 0.3 is 6.09 Å². The minimum absolute atomic E-state index is 0.145. The maximum absolute atomic E-state index is 11.9. The molecule has 0 saturated carbocycles. The van der Waals surface area contributed by atoms with E-state index in [-0.39, 0.29) is 12.1 Å². The zero-order valence-electron chi connectivity index (χ0n) is 10.1. The van der Waals surface area contributed by atoms with Gasteiger partial charge in [-0.3, -0.25) is 0 Å². The molecule has 0 aromatic heterocycles. The fourth-order valence-electron chi connectivity index (χ4n) is 1.74. The van der Waals surface area contributed by atoms with Crippen LogP contribution in [0.15, 0.2) is 5.16 Å². The number of amides is 1. The number of carbonyl (C=O) groups excluding carboxylic acids is 1. The van der Waals surface area contributed by atoms with Crippen molar-refractivity contribution in [2.24, 2.45) is 5.16 Å². The number of carbonyl (C=O) groups is 1. The Labute approximate surface area is 96.1 Å². The number of oxime groups is 1. The summed E-state index contributed by atoms with van der Waals surface area (Å²) in [5, 5.41) is 11.6. The van der Waals surface area contributed by atoms with Crippen LogP contribution in [0.25, 0.3) is 0 Å². The molecule has 0 bridgehead atoms. The second-order valence-corrected chi connectivity index (χ2v) is 5.00. The SMILES string of the molecule is CC(C)(C)OC(=O)N1CCCC[C@@H]1/C=N\O. The summed E-state index contributed by atoms with van der Waals surface area (Å²) in [6, 6.07) is -0.145. The van der Waals surface area contributed by atoms with E-state index < -0.39 is 5.60 Å². The molecule has 1 heterocycles. The van der Waals surface area contributed by atoms with Crippen molar-refractivity contribution in [1.29, 1.82) is 0 Å². The number of ether oxygens (including phenoxy) is 1. The van der Waals surface area contributed by atoms with E-state index in [0.717, 1.165) is 19.3 Å². The smallest absolute Gasteiger partial charge is 0.410 e. The Hall–Kier alpha value is -1.26. The van der Waals surface area contributed by atoms with Crippen molar-refractivity contribution in [2.75, 3.05) is 6.54 Å². The largest absolute Gasteiger partial charge is 0.444 e. The van der Waals surface area contributed by atoms with E-state index in [4.69, 9.17) is 9.94 Å². The second kappa shape index (κ2) is 5.18. The van der Waals surface area contributed by atoms with Crippen molar-refractivity contribution in [1.82, 2.24) is 4.90 Å². The van der Waals surface area contributed by atoms with Crippen LogP contribution in [0.1, 0.15) is 40.0 Å². The van der Waals surface area contributed by atoms with E-state index in [1.165, 1.54) is 6.21 Å². The van der Waals surface area contributed by atoms with Crippen molar-refractivity contribution >= 4 is 12.3 Å². The third kappa shape index (κ3) is 3.72. The molecular formula is C11H20N2O3. The maximum Gasteiger partial charge on any atom is 0.410 e. The lowest BCUT2D eigenvalue weighted by Gasteiger charge is -2.34. The molecule has 1 atom stereocenters. The number of hydrogen-bond acceptors (Lipinski definition) is 4. The quantitative estimate of drug-likeness (QED) is 0.425. The Kier molecular flexibility index (Phi) is 4.15. The molecule has 1 fully saturated rings. The molecule has 0 spiro atoms. The van der Waals surface area contributed by atoms with Gasteiger partial charge in [-0.15, -0.1) is 0 Å². The number of rotatable bonds is 1. The lowest BCUT2D eigenvalue weighted by Crippen LogP contribution is -2.46. The minimum atomic E-state index is -0.491. The van der Waals surface area contributed by atoms with Gasteiger partial charge in [-0.2, -0.15) is 0 Å². The molecule has 0 unspecified atom stereocenters. The van der Waals surface area contributed by atoms with Gasteiger partial charge in [-0.1, -0.05) is 5.16 Å². The topological polar surface area (TPSA) is 62.1 Å². The van der Waals surface area contributed by atoms with Gasteiger partial charge < -0.3 is 14.8 Å². The molecule has 1 amide bonds. The fourth-order valence-corrected chi connectivity index (χ4v) is 1.74. The monoisotopic (exact) mass is 228 g/mol. The first-order valence-corrected chi connectivity index (χ1v) is 5.61. The Morgan fingerprint density at radius 2 is 2.19 bits per heavy atom. The van der Waals surface area contributed by atoms with Crippen molar-refractivity contribution in [3.8, 4) is 0 Å². The molecule has 5 nitrogen and oxygen atoms in total. The van der Waals surface area contributed by atoms with Crippen LogP contribution in [0, 0.1) is 0 Å². The van der Waals surface area contributed by atoms with E-state index in [1.54, 1.807) is 4.90 Å². The van der Waals surface area contributed by atoms with Gasteiger partial charge in [0.25, 0.3) is 0 Å². The Bertz CT molecular complexity index is 271. The van der Waals surface area contributed by atoms with E-state index in [9.17, 15) is 4.79 Å². The van der Waals surface area contributed by atoms with Crippen LogP contribution < -0.4 is 0 Å². The lowest BCUT2D eigenvalue weighted by molar-refractivity contribution is 0.0169. The van der Waals surface area contributed by atoms with Crippen molar-refractivity contribution < 1.29 is 14.7 Å².